The van der Waals surface area contributed by atoms with Crippen molar-refractivity contribution in [3.05, 3.63) is 52.2 Å². The van der Waals surface area contributed by atoms with Gasteiger partial charge in [-0.3, -0.25) is 4.79 Å². The zero-order chi connectivity index (χ0) is 18.3. The number of methoxy groups -OCH3 is 1. The third-order valence-corrected chi connectivity index (χ3v) is 4.69. The molecule has 0 unspecified atom stereocenters. The van der Waals surface area contributed by atoms with E-state index in [4.69, 9.17) is 9.47 Å². The van der Waals surface area contributed by atoms with E-state index < -0.39 is 0 Å². The number of ether oxygens (including phenoxy) is 2. The molecule has 0 spiro atoms. The Kier molecular flexibility index (Phi) is 7.02. The maximum atomic E-state index is 12.5. The van der Waals surface area contributed by atoms with Crippen LogP contribution in [0.4, 0.5) is 0 Å². The van der Waals surface area contributed by atoms with Crippen molar-refractivity contribution in [3.63, 3.8) is 0 Å². The Bertz CT molecular complexity index is 645. The van der Waals surface area contributed by atoms with Crippen LogP contribution in [0.25, 0.3) is 0 Å². The molecule has 0 aliphatic rings. The highest BCUT2D eigenvalue weighted by Gasteiger charge is 2.16. The molecule has 0 saturated carbocycles. The zero-order valence-corrected chi connectivity index (χ0v) is 16.3. The average molecular weight is 362 g/mol. The van der Waals surface area contributed by atoms with Crippen molar-refractivity contribution >= 4 is 17.2 Å². The van der Waals surface area contributed by atoms with E-state index in [1.807, 2.05) is 35.7 Å². The van der Waals surface area contributed by atoms with Gasteiger partial charge in [0.1, 0.15) is 5.75 Å². The fourth-order valence-corrected chi connectivity index (χ4v) is 3.04. The summed E-state index contributed by atoms with van der Waals surface area (Å²) in [4.78, 5) is 14.3. The van der Waals surface area contributed by atoms with Crippen molar-refractivity contribution in [1.82, 2.24) is 4.90 Å². The minimum Gasteiger partial charge on any atom is -0.484 e. The lowest BCUT2D eigenvalue weighted by molar-refractivity contribution is -0.134. The van der Waals surface area contributed by atoms with Crippen LogP contribution in [0.1, 0.15) is 31.9 Å². The van der Waals surface area contributed by atoms with Crippen molar-refractivity contribution in [2.45, 2.75) is 32.7 Å². The lowest BCUT2D eigenvalue weighted by atomic mass is 9.87. The normalized spacial score (nSPS) is 11.4. The van der Waals surface area contributed by atoms with Gasteiger partial charge in [-0.25, -0.2) is 0 Å². The molecule has 0 saturated heterocycles. The van der Waals surface area contributed by atoms with E-state index in [0.717, 1.165) is 5.56 Å². The first-order valence-corrected chi connectivity index (χ1v) is 9.35. The standard InChI is InChI=1S/C20H27NO3S/c1-20(2,3)17-5-7-18(8-6-17)24-14-19(22)21(10-11-23-4)13-16-9-12-25-15-16/h5-9,12,15H,10-11,13-14H2,1-4H3. The summed E-state index contributed by atoms with van der Waals surface area (Å²) < 4.78 is 10.8. The van der Waals surface area contributed by atoms with Gasteiger partial charge in [-0.2, -0.15) is 11.3 Å². The van der Waals surface area contributed by atoms with Gasteiger partial charge in [0.05, 0.1) is 6.61 Å². The summed E-state index contributed by atoms with van der Waals surface area (Å²) in [6.07, 6.45) is 0. The fourth-order valence-electron chi connectivity index (χ4n) is 2.38. The van der Waals surface area contributed by atoms with Crippen LogP contribution < -0.4 is 4.74 Å². The number of carbonyl (C=O) groups excluding carboxylic acids is 1. The lowest BCUT2D eigenvalue weighted by Gasteiger charge is -2.22. The molecule has 2 rings (SSSR count). The van der Waals surface area contributed by atoms with Crippen LogP contribution >= 0.6 is 11.3 Å². The molecule has 4 nitrogen and oxygen atoms in total. The smallest absolute Gasteiger partial charge is 0.260 e. The topological polar surface area (TPSA) is 38.8 Å². The van der Waals surface area contributed by atoms with Gasteiger partial charge in [0, 0.05) is 20.2 Å². The largest absolute Gasteiger partial charge is 0.484 e. The SMILES string of the molecule is COCCN(Cc1ccsc1)C(=O)COc1ccc(C(C)(C)C)cc1. The number of hydrogen-bond donors (Lipinski definition) is 0. The minimum absolute atomic E-state index is 0.0305. The highest BCUT2D eigenvalue weighted by molar-refractivity contribution is 7.07. The predicted molar refractivity (Wildman–Crippen MR) is 102 cm³/mol. The van der Waals surface area contributed by atoms with Crippen molar-refractivity contribution in [2.75, 3.05) is 26.9 Å². The van der Waals surface area contributed by atoms with Gasteiger partial charge < -0.3 is 14.4 Å². The third kappa shape index (κ3) is 6.18. The van der Waals surface area contributed by atoms with Crippen molar-refractivity contribution < 1.29 is 14.3 Å². The summed E-state index contributed by atoms with van der Waals surface area (Å²) in [7, 11) is 1.64. The summed E-state index contributed by atoms with van der Waals surface area (Å²) in [5, 5.41) is 4.07. The van der Waals surface area contributed by atoms with E-state index in [-0.39, 0.29) is 17.9 Å². The highest BCUT2D eigenvalue weighted by atomic mass is 32.1. The second kappa shape index (κ2) is 9.02. The number of benzene rings is 1. The molecular formula is C20H27NO3S. The summed E-state index contributed by atoms with van der Waals surface area (Å²) in [6.45, 7) is 8.19. The van der Waals surface area contributed by atoms with Gasteiger partial charge in [-0.15, -0.1) is 0 Å². The van der Waals surface area contributed by atoms with Crippen LogP contribution in [-0.2, 0) is 21.5 Å². The van der Waals surface area contributed by atoms with Gasteiger partial charge >= 0.3 is 0 Å². The van der Waals surface area contributed by atoms with Gasteiger partial charge in [-0.1, -0.05) is 32.9 Å². The lowest BCUT2D eigenvalue weighted by Crippen LogP contribution is -2.36. The van der Waals surface area contributed by atoms with Crippen LogP contribution in [0.2, 0.25) is 0 Å². The molecule has 0 aliphatic carbocycles. The van der Waals surface area contributed by atoms with E-state index in [9.17, 15) is 4.79 Å². The predicted octanol–water partition coefficient (Wildman–Crippen LogP) is 4.10. The van der Waals surface area contributed by atoms with Crippen molar-refractivity contribution in [2.24, 2.45) is 0 Å². The molecule has 0 bridgehead atoms. The van der Waals surface area contributed by atoms with Crippen molar-refractivity contribution in [1.29, 1.82) is 0 Å². The number of nitrogens with zero attached hydrogens (tertiary/aromatic N) is 1. The van der Waals surface area contributed by atoms with Crippen LogP contribution in [0.3, 0.4) is 0 Å². The van der Waals surface area contributed by atoms with Crippen LogP contribution in [0.5, 0.6) is 5.75 Å². The number of thiophene rings is 1. The maximum absolute atomic E-state index is 12.5. The highest BCUT2D eigenvalue weighted by Crippen LogP contribution is 2.24. The zero-order valence-electron chi connectivity index (χ0n) is 15.5. The molecule has 0 radical (unpaired) electrons. The van der Waals surface area contributed by atoms with Gasteiger partial charge in [0.15, 0.2) is 6.61 Å². The third-order valence-electron chi connectivity index (χ3n) is 3.95. The van der Waals surface area contributed by atoms with Crippen LogP contribution in [0.15, 0.2) is 41.1 Å². The summed E-state index contributed by atoms with van der Waals surface area (Å²) >= 11 is 1.63. The fraction of sp³-hybridized carbons (Fsp3) is 0.450. The van der Waals surface area contributed by atoms with E-state index in [2.05, 4.69) is 26.2 Å². The molecule has 1 heterocycles. The molecule has 5 heteroatoms. The molecular weight excluding hydrogens is 334 g/mol. The van der Waals surface area contributed by atoms with Gasteiger partial charge in [0.2, 0.25) is 0 Å². The molecule has 1 amide bonds. The first-order chi connectivity index (χ1) is 11.9. The molecule has 2 aromatic rings. The Hall–Kier alpha value is -1.85. The summed E-state index contributed by atoms with van der Waals surface area (Å²) in [5.74, 6) is 0.673. The Labute approximate surface area is 154 Å². The Morgan fingerprint density at radius 2 is 1.88 bits per heavy atom. The molecule has 1 aromatic carbocycles. The van der Waals surface area contributed by atoms with E-state index >= 15 is 0 Å². The molecule has 0 N–H and O–H groups in total. The van der Waals surface area contributed by atoms with E-state index in [1.165, 1.54) is 5.56 Å². The van der Waals surface area contributed by atoms with Crippen LogP contribution in [0, 0.1) is 0 Å². The Morgan fingerprint density at radius 3 is 2.44 bits per heavy atom. The Morgan fingerprint density at radius 1 is 1.16 bits per heavy atom. The maximum Gasteiger partial charge on any atom is 0.260 e. The number of hydrogen-bond acceptors (Lipinski definition) is 4. The number of amides is 1. The minimum atomic E-state index is -0.0388. The van der Waals surface area contributed by atoms with E-state index in [0.29, 0.717) is 25.4 Å². The molecule has 1 aromatic heterocycles. The molecule has 25 heavy (non-hydrogen) atoms. The first-order valence-electron chi connectivity index (χ1n) is 8.41. The van der Waals surface area contributed by atoms with Gasteiger partial charge in [-0.05, 0) is 45.5 Å². The first kappa shape index (κ1) is 19.5. The molecule has 136 valence electrons. The average Bonchev–Trinajstić information content (AvgIpc) is 3.09. The van der Waals surface area contributed by atoms with Crippen LogP contribution in [-0.4, -0.2) is 37.7 Å². The second-order valence-corrected chi connectivity index (χ2v) is 7.78. The van der Waals surface area contributed by atoms with E-state index in [1.54, 1.807) is 23.3 Å². The second-order valence-electron chi connectivity index (χ2n) is 7.00. The number of rotatable bonds is 8. The van der Waals surface area contributed by atoms with Gasteiger partial charge in [0.25, 0.3) is 5.91 Å². The quantitative estimate of drug-likeness (QED) is 0.710. The monoisotopic (exact) mass is 361 g/mol. The molecule has 0 aliphatic heterocycles. The Balaban J connectivity index is 1.93. The molecule has 0 atom stereocenters. The summed E-state index contributed by atoms with van der Waals surface area (Å²) in [5.41, 5.74) is 2.47. The summed E-state index contributed by atoms with van der Waals surface area (Å²) in [6, 6.07) is 9.98. The molecule has 0 fully saturated rings. The number of carbonyl (C=O) groups is 1. The van der Waals surface area contributed by atoms with Crippen molar-refractivity contribution in [3.8, 4) is 5.75 Å².